The minimum atomic E-state index is -3.34. The number of benzene rings is 2. The first-order chi connectivity index (χ1) is 12.3. The molecule has 1 aliphatic rings. The fourth-order valence-corrected chi connectivity index (χ4v) is 2.90. The van der Waals surface area contributed by atoms with Crippen molar-refractivity contribution in [2.45, 2.75) is 11.0 Å². The Morgan fingerprint density at radius 1 is 1.00 bits per heavy atom. The van der Waals surface area contributed by atoms with E-state index in [1.807, 2.05) is 0 Å². The largest absolute Gasteiger partial charge is 0.485 e. The van der Waals surface area contributed by atoms with Crippen molar-refractivity contribution in [3.8, 4) is 11.5 Å². The van der Waals surface area contributed by atoms with Crippen LogP contribution in [0, 0.1) is 0 Å². The molecule has 9 heteroatoms. The lowest BCUT2D eigenvalue weighted by Crippen LogP contribution is -2.50. The number of rotatable bonds is 3. The fourth-order valence-electron chi connectivity index (χ4n) is 2.27. The summed E-state index contributed by atoms with van der Waals surface area (Å²) >= 11 is 0. The summed E-state index contributed by atoms with van der Waals surface area (Å²) in [5.74, 6) is -0.163. The lowest BCUT2D eigenvalue weighted by atomic mass is 10.2. The Hall–Kier alpha value is -3.07. The molecule has 2 N–H and O–H groups in total. The number of carbonyl (C=O) groups excluding carboxylic acids is 2. The quantitative estimate of drug-likeness (QED) is 0.763. The van der Waals surface area contributed by atoms with Crippen LogP contribution in [-0.4, -0.2) is 39.2 Å². The van der Waals surface area contributed by atoms with Crippen LogP contribution in [0.15, 0.2) is 53.4 Å². The number of nitrogens with one attached hydrogen (secondary N) is 2. The van der Waals surface area contributed by atoms with Crippen LogP contribution in [0.25, 0.3) is 0 Å². The summed E-state index contributed by atoms with van der Waals surface area (Å²) in [5.41, 5.74) is 4.72. The van der Waals surface area contributed by atoms with Crippen molar-refractivity contribution in [1.82, 2.24) is 10.9 Å². The average Bonchev–Trinajstić information content (AvgIpc) is 2.64. The van der Waals surface area contributed by atoms with Gasteiger partial charge in [0, 0.05) is 11.8 Å². The molecule has 0 saturated carbocycles. The van der Waals surface area contributed by atoms with Gasteiger partial charge in [-0.05, 0) is 36.4 Å². The second kappa shape index (κ2) is 7.04. The molecule has 0 spiro atoms. The van der Waals surface area contributed by atoms with Gasteiger partial charge in [-0.15, -0.1) is 0 Å². The zero-order valence-electron chi connectivity index (χ0n) is 13.8. The molecule has 0 bridgehead atoms. The number of carbonyl (C=O) groups is 2. The molecule has 8 nitrogen and oxygen atoms in total. The van der Waals surface area contributed by atoms with E-state index in [4.69, 9.17) is 9.47 Å². The van der Waals surface area contributed by atoms with Gasteiger partial charge in [-0.3, -0.25) is 20.4 Å². The molecule has 1 atom stereocenters. The topological polar surface area (TPSA) is 111 Å². The number of fused-ring (bicyclic) bond motifs is 1. The highest BCUT2D eigenvalue weighted by molar-refractivity contribution is 7.90. The van der Waals surface area contributed by atoms with Gasteiger partial charge in [0.1, 0.15) is 6.61 Å². The highest BCUT2D eigenvalue weighted by Crippen LogP contribution is 2.30. The maximum Gasteiger partial charge on any atom is 0.283 e. The number of para-hydroxylation sites is 2. The fraction of sp³-hybridized carbons (Fsp3) is 0.176. The van der Waals surface area contributed by atoms with E-state index in [-0.39, 0.29) is 17.1 Å². The highest BCUT2D eigenvalue weighted by atomic mass is 32.2. The Kier molecular flexibility index (Phi) is 4.81. The predicted octanol–water partition coefficient (Wildman–Crippen LogP) is 0.691. The molecule has 1 unspecified atom stereocenters. The SMILES string of the molecule is CS(=O)(=O)c1ccc(C(=O)NNC(=O)C2COc3ccccc3O2)cc1. The summed E-state index contributed by atoms with van der Waals surface area (Å²) in [5, 5.41) is 0. The summed E-state index contributed by atoms with van der Waals surface area (Å²) < 4.78 is 33.8. The van der Waals surface area contributed by atoms with Crippen molar-refractivity contribution in [3.05, 3.63) is 54.1 Å². The molecule has 0 aromatic heterocycles. The van der Waals surface area contributed by atoms with Gasteiger partial charge in [-0.2, -0.15) is 0 Å². The Morgan fingerprint density at radius 2 is 1.65 bits per heavy atom. The predicted molar refractivity (Wildman–Crippen MR) is 91.5 cm³/mol. The molecule has 0 saturated heterocycles. The highest BCUT2D eigenvalue weighted by Gasteiger charge is 2.27. The van der Waals surface area contributed by atoms with Crippen molar-refractivity contribution in [3.63, 3.8) is 0 Å². The maximum absolute atomic E-state index is 12.1. The molecule has 26 heavy (non-hydrogen) atoms. The molecule has 1 aliphatic heterocycles. The van der Waals surface area contributed by atoms with Crippen LogP contribution in [0.1, 0.15) is 10.4 Å². The molecular weight excluding hydrogens is 360 g/mol. The third-order valence-electron chi connectivity index (χ3n) is 3.64. The number of hydrogen-bond acceptors (Lipinski definition) is 6. The standard InChI is InChI=1S/C17H16N2O6S/c1-26(22,23)12-8-6-11(7-9-12)16(20)18-19-17(21)15-10-24-13-4-2-3-5-14(13)25-15/h2-9,15H,10H2,1H3,(H,18,20)(H,19,21). The van der Waals surface area contributed by atoms with Crippen LogP contribution in [-0.2, 0) is 14.6 Å². The molecule has 0 radical (unpaired) electrons. The van der Waals surface area contributed by atoms with Gasteiger partial charge in [0.25, 0.3) is 11.8 Å². The van der Waals surface area contributed by atoms with Crippen molar-refractivity contribution < 1.29 is 27.5 Å². The Labute approximate surface area is 150 Å². The molecule has 3 rings (SSSR count). The van der Waals surface area contributed by atoms with Gasteiger partial charge >= 0.3 is 0 Å². The van der Waals surface area contributed by atoms with Crippen LogP contribution in [0.4, 0.5) is 0 Å². The van der Waals surface area contributed by atoms with Gasteiger partial charge in [-0.1, -0.05) is 12.1 Å². The maximum atomic E-state index is 12.1. The molecule has 2 aromatic rings. The first kappa shape index (κ1) is 17.7. The molecule has 136 valence electrons. The Morgan fingerprint density at radius 3 is 2.31 bits per heavy atom. The Balaban J connectivity index is 1.57. The normalized spacial score (nSPS) is 15.8. The third-order valence-corrected chi connectivity index (χ3v) is 4.77. The number of hydrogen-bond donors (Lipinski definition) is 2. The molecule has 2 aromatic carbocycles. The van der Waals surface area contributed by atoms with E-state index in [1.54, 1.807) is 24.3 Å². The zero-order valence-corrected chi connectivity index (χ0v) is 14.6. The molecule has 2 amide bonds. The van der Waals surface area contributed by atoms with Crippen LogP contribution >= 0.6 is 0 Å². The van der Waals surface area contributed by atoms with Gasteiger partial charge in [0.15, 0.2) is 21.3 Å². The molecule has 0 aliphatic carbocycles. The van der Waals surface area contributed by atoms with E-state index in [0.717, 1.165) is 6.26 Å². The van der Waals surface area contributed by atoms with E-state index in [9.17, 15) is 18.0 Å². The number of ether oxygens (including phenoxy) is 2. The van der Waals surface area contributed by atoms with Crippen LogP contribution in [0.3, 0.4) is 0 Å². The van der Waals surface area contributed by atoms with Crippen LogP contribution in [0.2, 0.25) is 0 Å². The first-order valence-corrected chi connectivity index (χ1v) is 9.52. The average molecular weight is 376 g/mol. The smallest absolute Gasteiger partial charge is 0.283 e. The van der Waals surface area contributed by atoms with Crippen molar-refractivity contribution >= 4 is 21.7 Å². The lowest BCUT2D eigenvalue weighted by Gasteiger charge is -2.25. The second-order valence-electron chi connectivity index (χ2n) is 5.60. The number of sulfone groups is 1. The second-order valence-corrected chi connectivity index (χ2v) is 7.62. The third kappa shape index (κ3) is 3.94. The van der Waals surface area contributed by atoms with Gasteiger partial charge in [0.05, 0.1) is 4.90 Å². The van der Waals surface area contributed by atoms with Crippen LogP contribution in [0.5, 0.6) is 11.5 Å². The number of hydrazine groups is 1. The van der Waals surface area contributed by atoms with Gasteiger partial charge in [0.2, 0.25) is 6.10 Å². The molecule has 1 heterocycles. The monoisotopic (exact) mass is 376 g/mol. The minimum Gasteiger partial charge on any atom is -0.485 e. The van der Waals surface area contributed by atoms with Crippen molar-refractivity contribution in [2.75, 3.05) is 12.9 Å². The Bertz CT molecular complexity index is 940. The summed E-state index contributed by atoms with van der Waals surface area (Å²) in [6.07, 6.45) is 0.171. The van der Waals surface area contributed by atoms with E-state index >= 15 is 0 Å². The lowest BCUT2D eigenvalue weighted by molar-refractivity contribution is -0.131. The van der Waals surface area contributed by atoms with Gasteiger partial charge in [-0.25, -0.2) is 8.42 Å². The zero-order chi connectivity index (χ0) is 18.7. The summed E-state index contributed by atoms with van der Waals surface area (Å²) in [7, 11) is -3.34. The van der Waals surface area contributed by atoms with E-state index in [0.29, 0.717) is 11.5 Å². The van der Waals surface area contributed by atoms with E-state index in [1.165, 1.54) is 24.3 Å². The summed E-state index contributed by atoms with van der Waals surface area (Å²) in [6.45, 7) is 0.0156. The van der Waals surface area contributed by atoms with E-state index in [2.05, 4.69) is 10.9 Å². The number of amides is 2. The van der Waals surface area contributed by atoms with Crippen LogP contribution < -0.4 is 20.3 Å². The van der Waals surface area contributed by atoms with Crippen molar-refractivity contribution in [2.24, 2.45) is 0 Å². The van der Waals surface area contributed by atoms with Gasteiger partial charge < -0.3 is 9.47 Å². The summed E-state index contributed by atoms with van der Waals surface area (Å²) in [6, 6.07) is 12.3. The molecular formula is C17H16N2O6S. The van der Waals surface area contributed by atoms with E-state index < -0.39 is 27.8 Å². The minimum absolute atomic E-state index is 0.0156. The first-order valence-electron chi connectivity index (χ1n) is 7.63. The summed E-state index contributed by atoms with van der Waals surface area (Å²) in [4.78, 5) is 24.3. The molecule has 0 fully saturated rings. The van der Waals surface area contributed by atoms with Crippen molar-refractivity contribution in [1.29, 1.82) is 0 Å².